The first-order chi connectivity index (χ1) is 12.2. The number of halogens is 2. The van der Waals surface area contributed by atoms with Crippen LogP contribution in [0.25, 0.3) is 0 Å². The number of para-hydroxylation sites is 1. The van der Waals surface area contributed by atoms with Gasteiger partial charge >= 0.3 is 0 Å². The second-order valence-corrected chi connectivity index (χ2v) is 8.85. The number of nitrogens with one attached hydrogen (secondary N) is 1. The number of rotatable bonds is 10. The van der Waals surface area contributed by atoms with Gasteiger partial charge in [-0.2, -0.15) is 0 Å². The van der Waals surface area contributed by atoms with E-state index in [1.165, 1.54) is 4.90 Å². The zero-order valence-electron chi connectivity index (χ0n) is 14.9. The molecule has 1 rings (SSSR count). The highest BCUT2D eigenvalue weighted by atomic mass is 35.5. The molecule has 0 bridgehead atoms. The van der Waals surface area contributed by atoms with Crippen LogP contribution in [0.2, 0.25) is 10.0 Å². The van der Waals surface area contributed by atoms with Gasteiger partial charge in [0, 0.05) is 6.54 Å². The number of anilines is 1. The number of likely N-dealkylation sites (N-methyl/N-ethyl adjacent to an activating group) is 1. The van der Waals surface area contributed by atoms with Gasteiger partial charge in [-0.15, -0.1) is 0 Å². The number of sulfone groups is 1. The lowest BCUT2D eigenvalue weighted by Gasteiger charge is -2.20. The van der Waals surface area contributed by atoms with Crippen LogP contribution in [-0.4, -0.2) is 49.7 Å². The van der Waals surface area contributed by atoms with Crippen LogP contribution in [0, 0.1) is 0 Å². The van der Waals surface area contributed by atoms with Gasteiger partial charge in [0.2, 0.25) is 11.8 Å². The van der Waals surface area contributed by atoms with Gasteiger partial charge in [0.25, 0.3) is 0 Å². The summed E-state index contributed by atoms with van der Waals surface area (Å²) in [6.07, 6.45) is 2.23. The van der Waals surface area contributed by atoms with Crippen LogP contribution in [0.3, 0.4) is 0 Å². The summed E-state index contributed by atoms with van der Waals surface area (Å²) in [6, 6.07) is 4.80. The highest BCUT2D eigenvalue weighted by Gasteiger charge is 2.23. The predicted octanol–water partition coefficient (Wildman–Crippen LogP) is 3.39. The Bertz CT molecular complexity index is 718. The highest BCUT2D eigenvalue weighted by Crippen LogP contribution is 2.29. The van der Waals surface area contributed by atoms with Gasteiger partial charge in [-0.3, -0.25) is 9.59 Å². The number of carbonyl (C=O) groups is 2. The zero-order valence-corrected chi connectivity index (χ0v) is 17.3. The SMILES string of the molecule is CCCCCS(=O)(=O)CC(=O)N(CC)CC(=O)Nc1c(Cl)cccc1Cl. The highest BCUT2D eigenvalue weighted by molar-refractivity contribution is 7.92. The molecular weight excluding hydrogens is 399 g/mol. The molecule has 9 heteroatoms. The Balaban J connectivity index is 2.68. The minimum Gasteiger partial charge on any atom is -0.333 e. The summed E-state index contributed by atoms with van der Waals surface area (Å²) < 4.78 is 24.0. The van der Waals surface area contributed by atoms with Gasteiger partial charge in [-0.25, -0.2) is 8.42 Å². The van der Waals surface area contributed by atoms with E-state index in [-0.39, 0.29) is 34.6 Å². The molecule has 0 aliphatic heterocycles. The third-order valence-electron chi connectivity index (χ3n) is 3.70. The van der Waals surface area contributed by atoms with Gasteiger partial charge in [-0.1, -0.05) is 49.0 Å². The van der Waals surface area contributed by atoms with Gasteiger partial charge in [0.15, 0.2) is 9.84 Å². The molecule has 1 aromatic rings. The Morgan fingerprint density at radius 2 is 1.73 bits per heavy atom. The van der Waals surface area contributed by atoms with Crippen LogP contribution in [0.5, 0.6) is 0 Å². The predicted molar refractivity (Wildman–Crippen MR) is 106 cm³/mol. The van der Waals surface area contributed by atoms with Crippen molar-refractivity contribution in [1.29, 1.82) is 0 Å². The Kier molecular flexibility index (Phi) is 9.39. The van der Waals surface area contributed by atoms with Crippen molar-refractivity contribution in [2.45, 2.75) is 33.1 Å². The average molecular weight is 423 g/mol. The summed E-state index contributed by atoms with van der Waals surface area (Å²) in [5.41, 5.74) is 0.261. The number of hydrogen-bond donors (Lipinski definition) is 1. The molecule has 0 unspecified atom stereocenters. The molecule has 1 N–H and O–H groups in total. The largest absolute Gasteiger partial charge is 0.333 e. The summed E-state index contributed by atoms with van der Waals surface area (Å²) >= 11 is 12.0. The maximum absolute atomic E-state index is 12.3. The quantitative estimate of drug-likeness (QED) is 0.585. The van der Waals surface area contributed by atoms with Crippen molar-refractivity contribution >= 4 is 50.5 Å². The molecule has 0 heterocycles. The van der Waals surface area contributed by atoms with Crippen molar-refractivity contribution in [3.8, 4) is 0 Å². The lowest BCUT2D eigenvalue weighted by Crippen LogP contribution is -2.41. The monoisotopic (exact) mass is 422 g/mol. The fourth-order valence-electron chi connectivity index (χ4n) is 2.27. The number of amides is 2. The minimum absolute atomic E-state index is 0.0223. The van der Waals surface area contributed by atoms with E-state index < -0.39 is 27.4 Å². The third-order valence-corrected chi connectivity index (χ3v) is 5.93. The number of hydrogen-bond acceptors (Lipinski definition) is 4. The van der Waals surface area contributed by atoms with Crippen molar-refractivity contribution in [2.24, 2.45) is 0 Å². The number of carbonyl (C=O) groups excluding carboxylic acids is 2. The number of unbranched alkanes of at least 4 members (excludes halogenated alkanes) is 2. The molecule has 0 spiro atoms. The Hall–Kier alpha value is -1.31. The van der Waals surface area contributed by atoms with E-state index in [4.69, 9.17) is 23.2 Å². The molecule has 0 saturated heterocycles. The molecule has 146 valence electrons. The topological polar surface area (TPSA) is 83.6 Å². The second-order valence-electron chi connectivity index (χ2n) is 5.85. The maximum Gasteiger partial charge on any atom is 0.244 e. The van der Waals surface area contributed by atoms with Gasteiger partial charge in [0.05, 0.1) is 28.0 Å². The van der Waals surface area contributed by atoms with Gasteiger partial charge in [-0.05, 0) is 25.5 Å². The first kappa shape index (κ1) is 22.7. The Morgan fingerprint density at radius 1 is 1.12 bits per heavy atom. The van der Waals surface area contributed by atoms with Crippen molar-refractivity contribution < 1.29 is 18.0 Å². The summed E-state index contributed by atoms with van der Waals surface area (Å²) in [7, 11) is -3.48. The van der Waals surface area contributed by atoms with Crippen LogP contribution in [0.15, 0.2) is 18.2 Å². The average Bonchev–Trinajstić information content (AvgIpc) is 2.55. The summed E-state index contributed by atoms with van der Waals surface area (Å²) in [6.45, 7) is 3.59. The molecule has 0 aliphatic carbocycles. The zero-order chi connectivity index (χ0) is 19.7. The van der Waals surface area contributed by atoms with E-state index in [0.717, 1.165) is 12.8 Å². The molecule has 26 heavy (non-hydrogen) atoms. The van der Waals surface area contributed by atoms with E-state index in [9.17, 15) is 18.0 Å². The number of nitrogens with zero attached hydrogens (tertiary/aromatic N) is 1. The van der Waals surface area contributed by atoms with Gasteiger partial charge < -0.3 is 10.2 Å². The molecule has 2 amide bonds. The van der Waals surface area contributed by atoms with Crippen LogP contribution in [-0.2, 0) is 19.4 Å². The van der Waals surface area contributed by atoms with Crippen LogP contribution in [0.1, 0.15) is 33.1 Å². The molecule has 0 aliphatic rings. The molecule has 0 saturated carbocycles. The van der Waals surface area contributed by atoms with Crippen LogP contribution < -0.4 is 5.32 Å². The summed E-state index contributed by atoms with van der Waals surface area (Å²) in [4.78, 5) is 25.6. The molecular formula is C17H24Cl2N2O4S. The lowest BCUT2D eigenvalue weighted by molar-refractivity contribution is -0.132. The Morgan fingerprint density at radius 3 is 2.27 bits per heavy atom. The molecule has 6 nitrogen and oxygen atoms in total. The standard InChI is InChI=1S/C17H24Cl2N2O4S/c1-3-5-6-10-26(24,25)12-16(23)21(4-2)11-15(22)20-17-13(18)8-7-9-14(17)19/h7-9H,3-6,10-12H2,1-2H3,(H,20,22). The normalized spacial score (nSPS) is 11.2. The van der Waals surface area contributed by atoms with E-state index in [1.54, 1.807) is 25.1 Å². The van der Waals surface area contributed by atoms with E-state index in [0.29, 0.717) is 6.42 Å². The third kappa shape index (κ3) is 7.51. The van der Waals surface area contributed by atoms with Crippen LogP contribution >= 0.6 is 23.2 Å². The second kappa shape index (κ2) is 10.7. The van der Waals surface area contributed by atoms with Crippen molar-refractivity contribution in [3.05, 3.63) is 28.2 Å². The molecule has 0 aromatic heterocycles. The van der Waals surface area contributed by atoms with Crippen LogP contribution in [0.4, 0.5) is 5.69 Å². The molecule has 0 fully saturated rings. The van der Waals surface area contributed by atoms with E-state index >= 15 is 0 Å². The minimum atomic E-state index is -3.48. The van der Waals surface area contributed by atoms with E-state index in [1.807, 2.05) is 6.92 Å². The smallest absolute Gasteiger partial charge is 0.244 e. The summed E-state index contributed by atoms with van der Waals surface area (Å²) in [5.74, 6) is -1.71. The summed E-state index contributed by atoms with van der Waals surface area (Å²) in [5, 5.41) is 3.11. The van der Waals surface area contributed by atoms with E-state index in [2.05, 4.69) is 5.32 Å². The fourth-order valence-corrected chi connectivity index (χ4v) is 4.11. The van der Waals surface area contributed by atoms with Crippen molar-refractivity contribution in [3.63, 3.8) is 0 Å². The fraction of sp³-hybridized carbons (Fsp3) is 0.529. The van der Waals surface area contributed by atoms with Crippen molar-refractivity contribution in [2.75, 3.05) is 29.9 Å². The first-order valence-electron chi connectivity index (χ1n) is 8.42. The lowest BCUT2D eigenvalue weighted by atomic mass is 10.3. The first-order valence-corrected chi connectivity index (χ1v) is 11.0. The molecule has 0 radical (unpaired) electrons. The maximum atomic E-state index is 12.3. The number of benzene rings is 1. The molecule has 0 atom stereocenters. The van der Waals surface area contributed by atoms with Crippen molar-refractivity contribution in [1.82, 2.24) is 4.90 Å². The Labute approximate surface area is 164 Å². The molecule has 1 aromatic carbocycles. The van der Waals surface area contributed by atoms with Gasteiger partial charge in [0.1, 0.15) is 5.75 Å².